The van der Waals surface area contributed by atoms with Crippen molar-refractivity contribution in [3.8, 4) is 5.75 Å². The molecule has 0 bridgehead atoms. The molecule has 0 atom stereocenters. The lowest BCUT2D eigenvalue weighted by Gasteiger charge is -2.09. The van der Waals surface area contributed by atoms with E-state index >= 15 is 0 Å². The van der Waals surface area contributed by atoms with E-state index in [1.54, 1.807) is 24.5 Å². The van der Waals surface area contributed by atoms with E-state index in [0.29, 0.717) is 25.5 Å². The first-order valence-electron chi connectivity index (χ1n) is 6.91. The molecule has 1 heterocycles. The van der Waals surface area contributed by atoms with Crippen molar-refractivity contribution in [3.63, 3.8) is 0 Å². The predicted molar refractivity (Wildman–Crippen MR) is 83.5 cm³/mol. The van der Waals surface area contributed by atoms with Crippen molar-refractivity contribution in [3.05, 3.63) is 52.0 Å². The van der Waals surface area contributed by atoms with Gasteiger partial charge < -0.3 is 14.8 Å². The Morgan fingerprint density at radius 2 is 2.10 bits per heavy atom. The fourth-order valence-corrected chi connectivity index (χ4v) is 2.60. The predicted octanol–water partition coefficient (Wildman–Crippen LogP) is 3.24. The summed E-state index contributed by atoms with van der Waals surface area (Å²) in [7, 11) is 1.66. The normalized spacial score (nSPS) is 10.8. The van der Waals surface area contributed by atoms with E-state index in [9.17, 15) is 4.39 Å². The van der Waals surface area contributed by atoms with Crippen LogP contribution in [0.15, 0.2) is 35.0 Å². The third-order valence-electron chi connectivity index (χ3n) is 3.04. The molecule has 1 aromatic heterocycles. The quantitative estimate of drug-likeness (QED) is 0.721. The van der Waals surface area contributed by atoms with Gasteiger partial charge in [0.2, 0.25) is 0 Å². The summed E-state index contributed by atoms with van der Waals surface area (Å²) in [6.45, 7) is 2.50. The van der Waals surface area contributed by atoms with Crippen LogP contribution in [0.3, 0.4) is 0 Å². The van der Waals surface area contributed by atoms with Gasteiger partial charge >= 0.3 is 0 Å². The number of rotatable bonds is 9. The molecule has 3 nitrogen and oxygen atoms in total. The molecule has 2 aromatic rings. The van der Waals surface area contributed by atoms with Gasteiger partial charge in [-0.1, -0.05) is 6.07 Å². The van der Waals surface area contributed by atoms with E-state index in [0.717, 1.165) is 18.5 Å². The second-order valence-corrected chi connectivity index (χ2v) is 5.44. The van der Waals surface area contributed by atoms with Crippen LogP contribution < -0.4 is 10.1 Å². The van der Waals surface area contributed by atoms with E-state index in [2.05, 4.69) is 16.8 Å². The lowest BCUT2D eigenvalue weighted by molar-refractivity contribution is 0.199. The van der Waals surface area contributed by atoms with Crippen LogP contribution in [0.4, 0.5) is 4.39 Å². The average molecular weight is 309 g/mol. The topological polar surface area (TPSA) is 30.5 Å². The van der Waals surface area contributed by atoms with Gasteiger partial charge in [-0.15, -0.1) is 0 Å². The van der Waals surface area contributed by atoms with E-state index in [4.69, 9.17) is 9.47 Å². The number of benzene rings is 1. The second kappa shape index (κ2) is 8.77. The molecule has 21 heavy (non-hydrogen) atoms. The molecule has 0 aliphatic rings. The van der Waals surface area contributed by atoms with Crippen molar-refractivity contribution in [2.75, 3.05) is 26.9 Å². The van der Waals surface area contributed by atoms with E-state index in [1.165, 1.54) is 11.6 Å². The van der Waals surface area contributed by atoms with Crippen molar-refractivity contribution in [2.45, 2.75) is 13.0 Å². The molecule has 0 amide bonds. The van der Waals surface area contributed by atoms with Gasteiger partial charge in [0.05, 0.1) is 13.2 Å². The highest BCUT2D eigenvalue weighted by Crippen LogP contribution is 2.19. The summed E-state index contributed by atoms with van der Waals surface area (Å²) in [6.07, 6.45) is 0.795. The molecule has 1 N–H and O–H groups in total. The SMILES string of the molecule is COCCNCc1ccc(OCCc2ccsc2)c(F)c1. The Morgan fingerprint density at radius 3 is 2.81 bits per heavy atom. The molecular weight excluding hydrogens is 289 g/mol. The lowest BCUT2D eigenvalue weighted by atomic mass is 10.2. The molecule has 0 saturated heterocycles. The monoisotopic (exact) mass is 309 g/mol. The third kappa shape index (κ3) is 5.46. The molecule has 0 saturated carbocycles. The molecule has 0 spiro atoms. The van der Waals surface area contributed by atoms with E-state index in [-0.39, 0.29) is 5.82 Å². The maximum absolute atomic E-state index is 13.9. The Bertz CT molecular complexity index is 531. The van der Waals surface area contributed by atoms with Gasteiger partial charge in [0.25, 0.3) is 0 Å². The van der Waals surface area contributed by atoms with Crippen LogP contribution in [0, 0.1) is 5.82 Å². The molecule has 5 heteroatoms. The smallest absolute Gasteiger partial charge is 0.165 e. The highest BCUT2D eigenvalue weighted by atomic mass is 32.1. The zero-order valence-corrected chi connectivity index (χ0v) is 12.9. The van der Waals surface area contributed by atoms with Gasteiger partial charge in [-0.2, -0.15) is 11.3 Å². The molecule has 0 unspecified atom stereocenters. The summed E-state index contributed by atoms with van der Waals surface area (Å²) in [5.74, 6) is -0.00256. The molecule has 0 aliphatic heterocycles. The Labute approximate surface area is 128 Å². The highest BCUT2D eigenvalue weighted by molar-refractivity contribution is 7.07. The third-order valence-corrected chi connectivity index (χ3v) is 3.77. The van der Waals surface area contributed by atoms with Gasteiger partial charge in [-0.3, -0.25) is 0 Å². The minimum Gasteiger partial charge on any atom is -0.490 e. The molecule has 0 fully saturated rings. The van der Waals surface area contributed by atoms with Crippen LogP contribution in [0.25, 0.3) is 0 Å². The summed E-state index contributed by atoms with van der Waals surface area (Å²) < 4.78 is 24.4. The largest absolute Gasteiger partial charge is 0.490 e. The molecule has 0 aliphatic carbocycles. The average Bonchev–Trinajstić information content (AvgIpc) is 2.99. The van der Waals surface area contributed by atoms with Crippen molar-refractivity contribution >= 4 is 11.3 Å². The van der Waals surface area contributed by atoms with Crippen molar-refractivity contribution in [2.24, 2.45) is 0 Å². The fourth-order valence-electron chi connectivity index (χ4n) is 1.89. The summed E-state index contributed by atoms with van der Waals surface area (Å²) >= 11 is 1.66. The maximum atomic E-state index is 13.9. The maximum Gasteiger partial charge on any atom is 0.165 e. The van der Waals surface area contributed by atoms with E-state index in [1.807, 2.05) is 11.4 Å². The summed E-state index contributed by atoms with van der Waals surface area (Å²) in [4.78, 5) is 0. The van der Waals surface area contributed by atoms with E-state index < -0.39 is 0 Å². The Kier molecular flexibility index (Phi) is 6.66. The Hall–Kier alpha value is -1.43. The first-order valence-corrected chi connectivity index (χ1v) is 7.86. The van der Waals surface area contributed by atoms with Gasteiger partial charge in [0.15, 0.2) is 11.6 Å². The number of thiophene rings is 1. The van der Waals surface area contributed by atoms with Crippen molar-refractivity contribution in [1.29, 1.82) is 0 Å². The molecule has 2 rings (SSSR count). The number of methoxy groups -OCH3 is 1. The lowest BCUT2D eigenvalue weighted by Crippen LogP contribution is -2.18. The Morgan fingerprint density at radius 1 is 1.19 bits per heavy atom. The summed E-state index contributed by atoms with van der Waals surface area (Å²) in [6, 6.07) is 7.14. The zero-order valence-electron chi connectivity index (χ0n) is 12.1. The molecule has 114 valence electrons. The fraction of sp³-hybridized carbons (Fsp3) is 0.375. The molecule has 0 radical (unpaired) electrons. The first kappa shape index (κ1) is 15.9. The van der Waals surface area contributed by atoms with Gasteiger partial charge in [0, 0.05) is 26.6 Å². The number of hydrogen-bond acceptors (Lipinski definition) is 4. The number of ether oxygens (including phenoxy) is 2. The number of nitrogens with one attached hydrogen (secondary N) is 1. The first-order chi connectivity index (χ1) is 10.3. The number of halogens is 1. The minimum atomic E-state index is -0.314. The van der Waals surface area contributed by atoms with Gasteiger partial charge in [-0.05, 0) is 40.1 Å². The number of hydrogen-bond donors (Lipinski definition) is 1. The second-order valence-electron chi connectivity index (χ2n) is 4.66. The van der Waals surface area contributed by atoms with Crippen LogP contribution in [-0.4, -0.2) is 26.9 Å². The van der Waals surface area contributed by atoms with Gasteiger partial charge in [-0.25, -0.2) is 4.39 Å². The summed E-state index contributed by atoms with van der Waals surface area (Å²) in [5.41, 5.74) is 2.12. The standard InChI is InChI=1S/C16H20FNO2S/c1-19-8-6-18-11-14-2-3-16(15(17)10-14)20-7-4-13-5-9-21-12-13/h2-3,5,9-10,12,18H,4,6-8,11H2,1H3. The molecule has 1 aromatic carbocycles. The van der Waals surface area contributed by atoms with Crippen LogP contribution >= 0.6 is 11.3 Å². The Balaban J connectivity index is 1.78. The molecular formula is C16H20FNO2S. The minimum absolute atomic E-state index is 0.311. The van der Waals surface area contributed by atoms with Crippen LogP contribution in [0.1, 0.15) is 11.1 Å². The van der Waals surface area contributed by atoms with Crippen LogP contribution in [0.5, 0.6) is 5.75 Å². The van der Waals surface area contributed by atoms with Crippen molar-refractivity contribution in [1.82, 2.24) is 5.32 Å². The summed E-state index contributed by atoms with van der Waals surface area (Å²) in [5, 5.41) is 7.29. The zero-order chi connectivity index (χ0) is 14.9. The van der Waals surface area contributed by atoms with Gasteiger partial charge in [0.1, 0.15) is 0 Å². The van der Waals surface area contributed by atoms with Crippen LogP contribution in [0.2, 0.25) is 0 Å². The van der Waals surface area contributed by atoms with Crippen molar-refractivity contribution < 1.29 is 13.9 Å². The highest BCUT2D eigenvalue weighted by Gasteiger charge is 2.05. The van der Waals surface area contributed by atoms with Crippen LogP contribution in [-0.2, 0) is 17.7 Å².